The maximum Gasteiger partial charge on any atom is 0.350 e. The molecule has 1 aromatic rings. The topological polar surface area (TPSA) is 102 Å². The largest absolute Gasteiger partial charge is 0.465 e. The molecule has 1 unspecified atom stereocenters. The second kappa shape index (κ2) is 7.53. The van der Waals surface area contributed by atoms with Gasteiger partial charge in [-0.3, -0.25) is 4.79 Å². The number of anilines is 1. The first-order valence-corrected chi connectivity index (χ1v) is 8.80. The highest BCUT2D eigenvalue weighted by Gasteiger charge is 2.22. The molecule has 0 aliphatic rings. The molecular weight excluding hydrogens is 316 g/mol. The SMILES string of the molecule is CCCS(=O)(=O)NC(C)C(=O)Nc1ccsc1C(=O)OC. The standard InChI is InChI=1S/C12H18N2O5S2/c1-4-7-21(17,18)14-8(2)11(15)13-9-5-6-20-10(9)12(16)19-3/h5-6,8,14H,4,7H2,1-3H3,(H,13,15). The molecule has 1 rings (SSSR count). The monoisotopic (exact) mass is 334 g/mol. The fraction of sp³-hybridized carbons (Fsp3) is 0.500. The average Bonchev–Trinajstić information content (AvgIpc) is 2.85. The normalized spacial score (nSPS) is 12.7. The second-order valence-electron chi connectivity index (χ2n) is 4.30. The van der Waals surface area contributed by atoms with Gasteiger partial charge in [0.2, 0.25) is 15.9 Å². The highest BCUT2D eigenvalue weighted by atomic mass is 32.2. The molecule has 0 aliphatic heterocycles. The first-order chi connectivity index (χ1) is 9.80. The Labute approximate surface area is 127 Å². The van der Waals surface area contributed by atoms with Crippen LogP contribution >= 0.6 is 11.3 Å². The summed E-state index contributed by atoms with van der Waals surface area (Å²) in [5, 5.41) is 4.15. The Bertz CT molecular complexity index is 609. The summed E-state index contributed by atoms with van der Waals surface area (Å²) in [6, 6.07) is 0.620. The molecule has 0 bridgehead atoms. The number of sulfonamides is 1. The smallest absolute Gasteiger partial charge is 0.350 e. The minimum atomic E-state index is -3.49. The lowest BCUT2D eigenvalue weighted by molar-refractivity contribution is -0.117. The molecule has 21 heavy (non-hydrogen) atoms. The Balaban J connectivity index is 2.73. The van der Waals surface area contributed by atoms with Crippen LogP contribution < -0.4 is 10.0 Å². The van der Waals surface area contributed by atoms with Crippen LogP contribution in [0, 0.1) is 0 Å². The van der Waals surface area contributed by atoms with Gasteiger partial charge in [0.25, 0.3) is 0 Å². The summed E-state index contributed by atoms with van der Waals surface area (Å²) in [5.74, 6) is -1.14. The van der Waals surface area contributed by atoms with E-state index in [0.717, 1.165) is 11.3 Å². The Kier molecular flexibility index (Phi) is 6.31. The zero-order chi connectivity index (χ0) is 16.0. The van der Waals surface area contributed by atoms with Crippen molar-refractivity contribution in [3.05, 3.63) is 16.3 Å². The van der Waals surface area contributed by atoms with Gasteiger partial charge in [0.1, 0.15) is 4.88 Å². The van der Waals surface area contributed by atoms with E-state index in [2.05, 4.69) is 14.8 Å². The molecule has 2 N–H and O–H groups in total. The molecule has 118 valence electrons. The highest BCUT2D eigenvalue weighted by molar-refractivity contribution is 7.89. The van der Waals surface area contributed by atoms with Gasteiger partial charge < -0.3 is 10.1 Å². The number of nitrogens with one attached hydrogen (secondary N) is 2. The van der Waals surface area contributed by atoms with Crippen molar-refractivity contribution in [3.63, 3.8) is 0 Å². The van der Waals surface area contributed by atoms with E-state index in [1.165, 1.54) is 14.0 Å². The van der Waals surface area contributed by atoms with Crippen molar-refractivity contribution in [2.24, 2.45) is 0 Å². The second-order valence-corrected chi connectivity index (χ2v) is 7.09. The summed E-state index contributed by atoms with van der Waals surface area (Å²) in [4.78, 5) is 23.7. The Morgan fingerprint density at radius 1 is 1.43 bits per heavy atom. The maximum atomic E-state index is 12.0. The van der Waals surface area contributed by atoms with E-state index in [1.807, 2.05) is 0 Å². The first-order valence-electron chi connectivity index (χ1n) is 6.27. The average molecular weight is 334 g/mol. The molecule has 0 aromatic carbocycles. The number of methoxy groups -OCH3 is 1. The van der Waals surface area contributed by atoms with Crippen molar-refractivity contribution in [1.29, 1.82) is 0 Å². The van der Waals surface area contributed by atoms with E-state index >= 15 is 0 Å². The number of thiophene rings is 1. The van der Waals surface area contributed by atoms with Crippen LogP contribution in [0.2, 0.25) is 0 Å². The Morgan fingerprint density at radius 2 is 2.10 bits per heavy atom. The number of carbonyl (C=O) groups is 2. The van der Waals surface area contributed by atoms with E-state index in [0.29, 0.717) is 12.1 Å². The van der Waals surface area contributed by atoms with Crippen LogP contribution in [0.3, 0.4) is 0 Å². The van der Waals surface area contributed by atoms with Crippen LogP contribution in [-0.4, -0.2) is 39.2 Å². The van der Waals surface area contributed by atoms with E-state index < -0.39 is 27.9 Å². The van der Waals surface area contributed by atoms with Gasteiger partial charge >= 0.3 is 5.97 Å². The number of esters is 1. The molecule has 1 atom stereocenters. The maximum absolute atomic E-state index is 12.0. The number of hydrogen-bond donors (Lipinski definition) is 2. The number of hydrogen-bond acceptors (Lipinski definition) is 6. The predicted octanol–water partition coefficient (Wildman–Crippen LogP) is 1.19. The van der Waals surface area contributed by atoms with Gasteiger partial charge in [0.15, 0.2) is 0 Å². The van der Waals surface area contributed by atoms with Crippen LogP contribution in [0.5, 0.6) is 0 Å². The third-order valence-electron chi connectivity index (χ3n) is 2.52. The Hall–Kier alpha value is -1.45. The van der Waals surface area contributed by atoms with Gasteiger partial charge in [0, 0.05) is 0 Å². The van der Waals surface area contributed by atoms with Crippen molar-refractivity contribution in [3.8, 4) is 0 Å². The van der Waals surface area contributed by atoms with Crippen LogP contribution in [0.1, 0.15) is 29.9 Å². The molecule has 7 nitrogen and oxygen atoms in total. The van der Waals surface area contributed by atoms with Crippen LogP contribution in [0.4, 0.5) is 5.69 Å². The van der Waals surface area contributed by atoms with E-state index in [1.54, 1.807) is 18.4 Å². The summed E-state index contributed by atoms with van der Waals surface area (Å²) in [6.07, 6.45) is 0.459. The molecule has 0 spiro atoms. The first kappa shape index (κ1) is 17.6. The summed E-state index contributed by atoms with van der Waals surface area (Å²) in [7, 11) is -2.24. The number of rotatable bonds is 7. The predicted molar refractivity (Wildman–Crippen MR) is 81.0 cm³/mol. The van der Waals surface area contributed by atoms with Gasteiger partial charge in [-0.25, -0.2) is 17.9 Å². The minimum absolute atomic E-state index is 0.0452. The lowest BCUT2D eigenvalue weighted by Crippen LogP contribution is -2.42. The van der Waals surface area contributed by atoms with E-state index in [9.17, 15) is 18.0 Å². The molecule has 1 aromatic heterocycles. The number of amides is 1. The molecule has 0 radical (unpaired) electrons. The molecule has 0 saturated carbocycles. The number of ether oxygens (including phenoxy) is 1. The summed E-state index contributed by atoms with van der Waals surface area (Å²) >= 11 is 1.13. The highest BCUT2D eigenvalue weighted by Crippen LogP contribution is 2.23. The van der Waals surface area contributed by atoms with Gasteiger partial charge in [-0.1, -0.05) is 6.92 Å². The van der Waals surface area contributed by atoms with Crippen molar-refractivity contribution in [2.45, 2.75) is 26.3 Å². The summed E-state index contributed by atoms with van der Waals surface area (Å²) in [6.45, 7) is 3.17. The van der Waals surface area contributed by atoms with Gasteiger partial charge in [-0.15, -0.1) is 11.3 Å². The fourth-order valence-corrected chi connectivity index (χ4v) is 3.62. The third-order valence-corrected chi connectivity index (χ3v) is 5.07. The minimum Gasteiger partial charge on any atom is -0.465 e. The molecule has 1 heterocycles. The molecular formula is C12H18N2O5S2. The summed E-state index contributed by atoms with van der Waals surface area (Å²) < 4.78 is 30.1. The fourth-order valence-electron chi connectivity index (χ4n) is 1.55. The quantitative estimate of drug-likeness (QED) is 0.729. The zero-order valence-corrected chi connectivity index (χ0v) is 13.6. The van der Waals surface area contributed by atoms with Crippen LogP contribution in [0.15, 0.2) is 11.4 Å². The van der Waals surface area contributed by atoms with Crippen LogP contribution in [0.25, 0.3) is 0 Å². The van der Waals surface area contributed by atoms with Gasteiger partial charge in [-0.05, 0) is 24.8 Å². The van der Waals surface area contributed by atoms with E-state index in [4.69, 9.17) is 0 Å². The molecule has 9 heteroatoms. The summed E-state index contributed by atoms with van der Waals surface area (Å²) in [5.41, 5.74) is 0.304. The molecule has 1 amide bonds. The Morgan fingerprint density at radius 3 is 2.67 bits per heavy atom. The molecule has 0 saturated heterocycles. The van der Waals surface area contributed by atoms with Crippen molar-refractivity contribution >= 4 is 38.9 Å². The zero-order valence-electron chi connectivity index (χ0n) is 12.0. The third kappa shape index (κ3) is 5.10. The van der Waals surface area contributed by atoms with Crippen LogP contribution in [-0.2, 0) is 19.6 Å². The number of carbonyl (C=O) groups excluding carboxylic acids is 2. The molecule has 0 aliphatic carbocycles. The lowest BCUT2D eigenvalue weighted by Gasteiger charge is -2.14. The van der Waals surface area contributed by atoms with E-state index in [-0.39, 0.29) is 10.6 Å². The van der Waals surface area contributed by atoms with Crippen molar-refractivity contribution in [1.82, 2.24) is 4.72 Å². The lowest BCUT2D eigenvalue weighted by atomic mass is 10.3. The van der Waals surface area contributed by atoms with Crippen molar-refractivity contribution < 1.29 is 22.7 Å². The molecule has 0 fully saturated rings. The van der Waals surface area contributed by atoms with Gasteiger partial charge in [0.05, 0.1) is 24.6 Å². The van der Waals surface area contributed by atoms with Gasteiger partial charge in [-0.2, -0.15) is 0 Å². The van der Waals surface area contributed by atoms with Crippen molar-refractivity contribution in [2.75, 3.05) is 18.2 Å².